The van der Waals surface area contributed by atoms with E-state index >= 15 is 0 Å². The Hall–Kier alpha value is -3.94. The Morgan fingerprint density at radius 1 is 1.00 bits per heavy atom. The van der Waals surface area contributed by atoms with Crippen LogP contribution in [-0.2, 0) is 9.59 Å². The van der Waals surface area contributed by atoms with E-state index in [1.807, 2.05) is 30.3 Å². The van der Waals surface area contributed by atoms with E-state index in [0.717, 1.165) is 5.69 Å². The molecular formula is C22H22N4O4. The van der Waals surface area contributed by atoms with Crippen LogP contribution in [0.3, 0.4) is 0 Å². The van der Waals surface area contributed by atoms with Crippen molar-refractivity contribution in [1.29, 1.82) is 0 Å². The van der Waals surface area contributed by atoms with Gasteiger partial charge in [0.25, 0.3) is 11.7 Å². The maximum Gasteiger partial charge on any atom is 0.297 e. The average Bonchev–Trinajstić information content (AvgIpc) is 3.02. The first-order valence-electron chi connectivity index (χ1n) is 9.24. The summed E-state index contributed by atoms with van der Waals surface area (Å²) < 4.78 is 6.88. The van der Waals surface area contributed by atoms with Crippen molar-refractivity contribution in [3.05, 3.63) is 65.5 Å². The smallest absolute Gasteiger partial charge is 0.297 e. The lowest BCUT2D eigenvalue weighted by Crippen LogP contribution is -2.24. The van der Waals surface area contributed by atoms with Gasteiger partial charge in [0.15, 0.2) is 0 Å². The van der Waals surface area contributed by atoms with Crippen LogP contribution in [0.25, 0.3) is 5.69 Å². The molecule has 0 aliphatic carbocycles. The standard InChI is InChI=1S/C22H22N4O4/c1-13-20(14(2)26(25-13)17-8-6-5-7-9-17)21(28)22(29)24-18-12-16(23-15(3)27)10-11-19(18)30-4/h5-12H,1-4H3,(H,23,27)(H,24,29). The molecule has 30 heavy (non-hydrogen) atoms. The predicted octanol–water partition coefficient (Wildman–Crippen LogP) is 3.28. The molecule has 0 aliphatic heterocycles. The molecule has 8 nitrogen and oxygen atoms in total. The van der Waals surface area contributed by atoms with E-state index in [9.17, 15) is 14.4 Å². The van der Waals surface area contributed by atoms with Crippen LogP contribution in [-0.4, -0.2) is 34.5 Å². The molecule has 0 saturated heterocycles. The summed E-state index contributed by atoms with van der Waals surface area (Å²) in [6, 6.07) is 14.1. The number of rotatable bonds is 6. The minimum Gasteiger partial charge on any atom is -0.495 e. The third-order valence-corrected chi connectivity index (χ3v) is 4.49. The largest absolute Gasteiger partial charge is 0.495 e. The van der Waals surface area contributed by atoms with E-state index in [0.29, 0.717) is 22.8 Å². The van der Waals surface area contributed by atoms with Gasteiger partial charge in [-0.05, 0) is 44.2 Å². The number of ether oxygens (including phenoxy) is 1. The number of methoxy groups -OCH3 is 1. The lowest BCUT2D eigenvalue weighted by molar-refractivity contribution is -0.114. The van der Waals surface area contributed by atoms with Gasteiger partial charge in [0, 0.05) is 12.6 Å². The molecule has 8 heteroatoms. The van der Waals surface area contributed by atoms with Crippen LogP contribution in [0, 0.1) is 13.8 Å². The molecule has 0 saturated carbocycles. The third kappa shape index (κ3) is 4.22. The van der Waals surface area contributed by atoms with E-state index in [1.54, 1.807) is 30.7 Å². The lowest BCUT2D eigenvalue weighted by Gasteiger charge is -2.12. The molecule has 0 bridgehead atoms. The number of anilines is 2. The van der Waals surface area contributed by atoms with Crippen LogP contribution in [0.5, 0.6) is 5.75 Å². The molecule has 3 aromatic rings. The fourth-order valence-corrected chi connectivity index (χ4v) is 3.17. The minimum atomic E-state index is -0.827. The maximum atomic E-state index is 12.9. The molecule has 2 N–H and O–H groups in total. The number of amides is 2. The summed E-state index contributed by atoms with van der Waals surface area (Å²) in [7, 11) is 1.45. The second-order valence-corrected chi connectivity index (χ2v) is 6.67. The second kappa shape index (κ2) is 8.60. The van der Waals surface area contributed by atoms with Gasteiger partial charge >= 0.3 is 0 Å². The van der Waals surface area contributed by atoms with E-state index < -0.39 is 11.7 Å². The second-order valence-electron chi connectivity index (χ2n) is 6.67. The van der Waals surface area contributed by atoms with Crippen molar-refractivity contribution < 1.29 is 19.1 Å². The third-order valence-electron chi connectivity index (χ3n) is 4.49. The van der Waals surface area contributed by atoms with Crippen molar-refractivity contribution in [1.82, 2.24) is 9.78 Å². The number of aromatic nitrogens is 2. The molecular weight excluding hydrogens is 384 g/mol. The van der Waals surface area contributed by atoms with Crippen LogP contribution < -0.4 is 15.4 Å². The molecule has 1 aromatic heterocycles. The van der Waals surface area contributed by atoms with Gasteiger partial charge in [-0.3, -0.25) is 14.4 Å². The molecule has 1 heterocycles. The summed E-state index contributed by atoms with van der Waals surface area (Å²) in [5.41, 5.74) is 2.80. The normalized spacial score (nSPS) is 10.4. The van der Waals surface area contributed by atoms with Crippen LogP contribution >= 0.6 is 0 Å². The molecule has 3 rings (SSSR count). The topological polar surface area (TPSA) is 102 Å². The van der Waals surface area contributed by atoms with E-state index in [-0.39, 0.29) is 17.2 Å². The average molecular weight is 406 g/mol. The zero-order valence-electron chi connectivity index (χ0n) is 17.1. The van der Waals surface area contributed by atoms with Crippen molar-refractivity contribution in [2.75, 3.05) is 17.7 Å². The highest BCUT2D eigenvalue weighted by Gasteiger charge is 2.26. The summed E-state index contributed by atoms with van der Waals surface area (Å²) in [5.74, 6) is -1.43. The van der Waals surface area contributed by atoms with Gasteiger partial charge in [-0.25, -0.2) is 4.68 Å². The molecule has 0 unspecified atom stereocenters. The zero-order chi connectivity index (χ0) is 21.8. The number of ketones is 1. The molecule has 0 atom stereocenters. The van der Waals surface area contributed by atoms with Crippen LogP contribution in [0.4, 0.5) is 11.4 Å². The first-order chi connectivity index (χ1) is 14.3. The van der Waals surface area contributed by atoms with Crippen molar-refractivity contribution in [2.45, 2.75) is 20.8 Å². The first kappa shape index (κ1) is 20.8. The van der Waals surface area contributed by atoms with Gasteiger partial charge in [0.05, 0.1) is 35.4 Å². The SMILES string of the molecule is COc1ccc(NC(C)=O)cc1NC(=O)C(=O)c1c(C)nn(-c2ccccc2)c1C. The highest BCUT2D eigenvalue weighted by molar-refractivity contribution is 6.47. The van der Waals surface area contributed by atoms with Crippen molar-refractivity contribution in [3.63, 3.8) is 0 Å². The highest BCUT2D eigenvalue weighted by atomic mass is 16.5. The fraction of sp³-hybridized carbons (Fsp3) is 0.182. The number of nitrogens with zero attached hydrogens (tertiary/aromatic N) is 2. The molecule has 0 aliphatic rings. The Morgan fingerprint density at radius 3 is 2.33 bits per heavy atom. The van der Waals surface area contributed by atoms with Crippen LogP contribution in [0.1, 0.15) is 28.7 Å². The van der Waals surface area contributed by atoms with Crippen molar-refractivity contribution in [2.24, 2.45) is 0 Å². The quantitative estimate of drug-likeness (QED) is 0.483. The Bertz CT molecular complexity index is 1120. The summed E-state index contributed by atoms with van der Waals surface area (Å²) in [6.45, 7) is 4.80. The fourth-order valence-electron chi connectivity index (χ4n) is 3.17. The molecule has 0 fully saturated rings. The molecule has 2 aromatic carbocycles. The Balaban J connectivity index is 1.89. The van der Waals surface area contributed by atoms with E-state index in [2.05, 4.69) is 15.7 Å². The number of para-hydroxylation sites is 1. The van der Waals surface area contributed by atoms with Gasteiger partial charge in [-0.1, -0.05) is 18.2 Å². The highest BCUT2D eigenvalue weighted by Crippen LogP contribution is 2.28. The van der Waals surface area contributed by atoms with Crippen molar-refractivity contribution >= 4 is 29.0 Å². The number of carbonyl (C=O) groups excluding carboxylic acids is 3. The number of hydrogen-bond donors (Lipinski definition) is 2. The van der Waals surface area contributed by atoms with Gasteiger partial charge < -0.3 is 15.4 Å². The van der Waals surface area contributed by atoms with Crippen molar-refractivity contribution in [3.8, 4) is 11.4 Å². The summed E-state index contributed by atoms with van der Waals surface area (Å²) in [5, 5.41) is 9.62. The van der Waals surface area contributed by atoms with Gasteiger partial charge in [-0.2, -0.15) is 5.10 Å². The van der Waals surface area contributed by atoms with E-state index in [4.69, 9.17) is 4.74 Å². The van der Waals surface area contributed by atoms with Gasteiger partial charge in [-0.15, -0.1) is 0 Å². The maximum absolute atomic E-state index is 12.9. The molecule has 0 radical (unpaired) electrons. The Kier molecular flexibility index (Phi) is 5.96. The van der Waals surface area contributed by atoms with Crippen LogP contribution in [0.2, 0.25) is 0 Å². The number of aryl methyl sites for hydroxylation is 1. The minimum absolute atomic E-state index is 0.244. The Labute approximate surface area is 173 Å². The summed E-state index contributed by atoms with van der Waals surface area (Å²) in [4.78, 5) is 36.9. The number of Topliss-reactive ketones (excluding diaryl/α,β-unsaturated/α-hetero) is 1. The Morgan fingerprint density at radius 2 is 1.70 bits per heavy atom. The summed E-state index contributed by atoms with van der Waals surface area (Å²) >= 11 is 0. The lowest BCUT2D eigenvalue weighted by atomic mass is 10.1. The van der Waals surface area contributed by atoms with Gasteiger partial charge in [0.2, 0.25) is 5.91 Å². The number of nitrogens with one attached hydrogen (secondary N) is 2. The number of carbonyl (C=O) groups is 3. The van der Waals surface area contributed by atoms with Crippen LogP contribution in [0.15, 0.2) is 48.5 Å². The number of benzene rings is 2. The van der Waals surface area contributed by atoms with Gasteiger partial charge in [0.1, 0.15) is 5.75 Å². The van der Waals surface area contributed by atoms with E-state index in [1.165, 1.54) is 20.1 Å². The zero-order valence-corrected chi connectivity index (χ0v) is 17.1. The predicted molar refractivity (Wildman–Crippen MR) is 113 cm³/mol. The molecule has 0 spiro atoms. The first-order valence-corrected chi connectivity index (χ1v) is 9.24. The number of hydrogen-bond acceptors (Lipinski definition) is 5. The summed E-state index contributed by atoms with van der Waals surface area (Å²) in [6.07, 6.45) is 0. The molecule has 154 valence electrons. The monoisotopic (exact) mass is 406 g/mol. The molecule has 2 amide bonds.